The van der Waals surface area contributed by atoms with E-state index in [1.807, 2.05) is 0 Å². The van der Waals surface area contributed by atoms with E-state index in [1.54, 1.807) is 0 Å². The van der Waals surface area contributed by atoms with Gasteiger partial charge in [-0.05, 0) is 13.8 Å². The molecule has 0 unspecified atom stereocenters. The van der Waals surface area contributed by atoms with Crippen LogP contribution in [0, 0.1) is 5.41 Å². The molecule has 0 rings (SSSR count). The molecule has 0 saturated carbocycles. The standard InChI is InChI=1S/C6H8O4/c1-6(2,5(9)10)4(8)3-7/h3H,1-2H3,(H,9,10). The Labute approximate surface area is 57.8 Å². The van der Waals surface area contributed by atoms with Crippen molar-refractivity contribution in [2.24, 2.45) is 5.41 Å². The molecule has 0 aliphatic heterocycles. The smallest absolute Gasteiger partial charge is 0.317 e. The lowest BCUT2D eigenvalue weighted by Gasteiger charge is -2.12. The van der Waals surface area contributed by atoms with Gasteiger partial charge in [-0.25, -0.2) is 0 Å². The minimum atomic E-state index is -1.58. The maximum Gasteiger partial charge on any atom is 0.317 e. The first kappa shape index (κ1) is 8.81. The normalized spacial score (nSPS) is 10.6. The van der Waals surface area contributed by atoms with E-state index in [0.717, 1.165) is 0 Å². The van der Waals surface area contributed by atoms with Crippen molar-refractivity contribution in [2.45, 2.75) is 13.8 Å². The van der Waals surface area contributed by atoms with Gasteiger partial charge in [0.25, 0.3) is 0 Å². The number of hydrogen-bond donors (Lipinski definition) is 1. The van der Waals surface area contributed by atoms with Crippen molar-refractivity contribution in [2.75, 3.05) is 0 Å². The van der Waals surface area contributed by atoms with Crippen molar-refractivity contribution in [3.05, 3.63) is 0 Å². The molecule has 0 atom stereocenters. The van der Waals surface area contributed by atoms with Gasteiger partial charge in [-0.15, -0.1) is 0 Å². The van der Waals surface area contributed by atoms with Gasteiger partial charge >= 0.3 is 5.97 Å². The summed E-state index contributed by atoms with van der Waals surface area (Å²) in [4.78, 5) is 30.6. The third-order valence-corrected chi connectivity index (χ3v) is 1.26. The van der Waals surface area contributed by atoms with Crippen LogP contribution in [0.5, 0.6) is 0 Å². The Hall–Kier alpha value is -1.19. The SMILES string of the molecule is CC(C)(C(=O)O)C(=O)C=O. The summed E-state index contributed by atoms with van der Waals surface area (Å²) in [7, 11) is 0. The molecule has 4 nitrogen and oxygen atoms in total. The second-order valence-electron chi connectivity index (χ2n) is 2.41. The number of carboxylic acid groups (broad SMARTS) is 1. The largest absolute Gasteiger partial charge is 0.480 e. The van der Waals surface area contributed by atoms with Gasteiger partial charge in [0, 0.05) is 0 Å². The van der Waals surface area contributed by atoms with Crippen molar-refractivity contribution < 1.29 is 19.5 Å². The van der Waals surface area contributed by atoms with Crippen LogP contribution >= 0.6 is 0 Å². The molecule has 0 heterocycles. The van der Waals surface area contributed by atoms with Crippen molar-refractivity contribution in [1.29, 1.82) is 0 Å². The zero-order valence-electron chi connectivity index (χ0n) is 5.75. The second-order valence-corrected chi connectivity index (χ2v) is 2.41. The molecular formula is C6H8O4. The summed E-state index contributed by atoms with van der Waals surface area (Å²) in [5.41, 5.74) is -1.58. The molecule has 0 amide bonds. The monoisotopic (exact) mass is 144 g/mol. The number of carbonyl (C=O) groups is 3. The lowest BCUT2D eigenvalue weighted by Crippen LogP contribution is -2.33. The molecule has 0 radical (unpaired) electrons. The van der Waals surface area contributed by atoms with Gasteiger partial charge in [-0.2, -0.15) is 0 Å². The van der Waals surface area contributed by atoms with Crippen LogP contribution in [0.2, 0.25) is 0 Å². The Morgan fingerprint density at radius 3 is 1.90 bits per heavy atom. The Balaban J connectivity index is 4.55. The molecular weight excluding hydrogens is 136 g/mol. The quantitative estimate of drug-likeness (QED) is 0.340. The van der Waals surface area contributed by atoms with E-state index < -0.39 is 17.2 Å². The molecule has 0 aliphatic carbocycles. The maximum atomic E-state index is 10.5. The predicted molar refractivity (Wildman–Crippen MR) is 32.5 cm³/mol. The van der Waals surface area contributed by atoms with E-state index in [-0.39, 0.29) is 6.29 Å². The van der Waals surface area contributed by atoms with Gasteiger partial charge in [0.15, 0.2) is 6.29 Å². The highest BCUT2D eigenvalue weighted by Crippen LogP contribution is 2.14. The number of ketones is 1. The van der Waals surface area contributed by atoms with Crippen molar-refractivity contribution in [3.8, 4) is 0 Å². The zero-order valence-corrected chi connectivity index (χ0v) is 5.75. The molecule has 56 valence electrons. The minimum absolute atomic E-state index is 0.0219. The van der Waals surface area contributed by atoms with Crippen LogP contribution in [-0.2, 0) is 14.4 Å². The molecule has 10 heavy (non-hydrogen) atoms. The van der Waals surface area contributed by atoms with Gasteiger partial charge in [0.2, 0.25) is 5.78 Å². The van der Waals surface area contributed by atoms with E-state index in [0.29, 0.717) is 0 Å². The van der Waals surface area contributed by atoms with Crippen molar-refractivity contribution in [3.63, 3.8) is 0 Å². The molecule has 0 aromatic carbocycles. The molecule has 0 aromatic heterocycles. The number of aldehydes is 1. The predicted octanol–water partition coefficient (Wildman–Crippen LogP) is -0.135. The highest BCUT2D eigenvalue weighted by Gasteiger charge is 2.35. The average molecular weight is 144 g/mol. The molecule has 0 aromatic rings. The summed E-state index contributed by atoms with van der Waals surface area (Å²) < 4.78 is 0. The third-order valence-electron chi connectivity index (χ3n) is 1.26. The van der Waals surface area contributed by atoms with Crippen LogP contribution in [0.25, 0.3) is 0 Å². The number of aliphatic carboxylic acids is 1. The molecule has 0 spiro atoms. The summed E-state index contributed by atoms with van der Waals surface area (Å²) in [6.07, 6.45) is 0.0219. The fourth-order valence-electron chi connectivity index (χ4n) is 0.253. The van der Waals surface area contributed by atoms with E-state index in [1.165, 1.54) is 13.8 Å². The van der Waals surface area contributed by atoms with Crippen LogP contribution in [0.1, 0.15) is 13.8 Å². The molecule has 0 aliphatic rings. The highest BCUT2D eigenvalue weighted by atomic mass is 16.4. The summed E-state index contributed by atoms with van der Waals surface area (Å²) in [5.74, 6) is -2.20. The second kappa shape index (κ2) is 2.60. The Bertz CT molecular complexity index is 180. The zero-order chi connectivity index (χ0) is 8.36. The van der Waals surface area contributed by atoms with Crippen LogP contribution in [0.15, 0.2) is 0 Å². The molecule has 0 bridgehead atoms. The summed E-state index contributed by atoms with van der Waals surface area (Å²) in [6, 6.07) is 0. The fraction of sp³-hybridized carbons (Fsp3) is 0.500. The Kier molecular flexibility index (Phi) is 2.29. The van der Waals surface area contributed by atoms with Crippen LogP contribution in [-0.4, -0.2) is 23.1 Å². The van der Waals surface area contributed by atoms with Crippen LogP contribution in [0.4, 0.5) is 0 Å². The first-order valence-corrected chi connectivity index (χ1v) is 2.66. The average Bonchev–Trinajstić information content (AvgIpc) is 1.86. The van der Waals surface area contributed by atoms with E-state index in [9.17, 15) is 14.4 Å². The molecule has 1 N–H and O–H groups in total. The van der Waals surface area contributed by atoms with E-state index >= 15 is 0 Å². The lowest BCUT2D eigenvalue weighted by molar-refractivity contribution is -0.154. The third kappa shape index (κ3) is 1.40. The van der Waals surface area contributed by atoms with Gasteiger partial charge in [-0.1, -0.05) is 0 Å². The summed E-state index contributed by atoms with van der Waals surface area (Å²) >= 11 is 0. The number of Topliss-reactive ketones (excluding diaryl/α,β-unsaturated/α-hetero) is 1. The van der Waals surface area contributed by atoms with Crippen molar-refractivity contribution >= 4 is 18.0 Å². The first-order valence-electron chi connectivity index (χ1n) is 2.66. The maximum absolute atomic E-state index is 10.5. The van der Waals surface area contributed by atoms with Gasteiger partial charge < -0.3 is 5.11 Å². The van der Waals surface area contributed by atoms with E-state index in [2.05, 4.69) is 0 Å². The number of rotatable bonds is 3. The highest BCUT2D eigenvalue weighted by molar-refractivity contribution is 6.32. The first-order chi connectivity index (χ1) is 4.42. The molecule has 0 saturated heterocycles. The lowest BCUT2D eigenvalue weighted by atomic mass is 9.89. The summed E-state index contributed by atoms with van der Waals surface area (Å²) in [6.45, 7) is 2.37. The van der Waals surface area contributed by atoms with E-state index in [4.69, 9.17) is 5.11 Å². The molecule has 4 heteroatoms. The summed E-state index contributed by atoms with van der Waals surface area (Å²) in [5, 5.41) is 8.36. The van der Waals surface area contributed by atoms with Gasteiger partial charge in [0.05, 0.1) is 0 Å². The van der Waals surface area contributed by atoms with Crippen molar-refractivity contribution in [1.82, 2.24) is 0 Å². The number of hydrogen-bond acceptors (Lipinski definition) is 3. The molecule has 0 fully saturated rings. The topological polar surface area (TPSA) is 71.4 Å². The fourth-order valence-corrected chi connectivity index (χ4v) is 0.253. The number of carboxylic acids is 1. The number of carbonyl (C=O) groups excluding carboxylic acids is 2. The Morgan fingerprint density at radius 1 is 1.40 bits per heavy atom. The van der Waals surface area contributed by atoms with Crippen LogP contribution in [0.3, 0.4) is 0 Å². The minimum Gasteiger partial charge on any atom is -0.480 e. The van der Waals surface area contributed by atoms with Crippen LogP contribution < -0.4 is 0 Å². The Morgan fingerprint density at radius 2 is 1.80 bits per heavy atom. The van der Waals surface area contributed by atoms with Gasteiger partial charge in [0.1, 0.15) is 5.41 Å². The van der Waals surface area contributed by atoms with Gasteiger partial charge in [-0.3, -0.25) is 14.4 Å².